The number of fused-ring (bicyclic) bond motifs is 1. The van der Waals surface area contributed by atoms with Crippen LogP contribution in [0.1, 0.15) is 10.4 Å². The lowest BCUT2D eigenvalue weighted by Crippen LogP contribution is -2.22. The zero-order valence-corrected chi connectivity index (χ0v) is 20.9. The van der Waals surface area contributed by atoms with Crippen molar-refractivity contribution in [1.29, 1.82) is 0 Å². The predicted octanol–water partition coefficient (Wildman–Crippen LogP) is 5.74. The summed E-state index contributed by atoms with van der Waals surface area (Å²) in [6.45, 7) is 0. The fraction of sp³-hybridized carbons (Fsp3) is 0.0870. The average molecular weight is 607 g/mol. The van der Waals surface area contributed by atoms with E-state index in [0.717, 1.165) is 8.04 Å². The first-order valence-corrected chi connectivity index (χ1v) is 12.1. The summed E-state index contributed by atoms with van der Waals surface area (Å²) in [7, 11) is 1.59. The molecule has 0 aliphatic carbocycles. The molecule has 0 N–H and O–H groups in total. The molecule has 0 aliphatic heterocycles. The second kappa shape index (κ2) is 9.54. The van der Waals surface area contributed by atoms with Crippen molar-refractivity contribution in [2.45, 2.75) is 5.16 Å². The molecule has 156 valence electrons. The third-order valence-electron chi connectivity index (χ3n) is 4.63. The minimum atomic E-state index is -0.174. The SMILES string of the molecule is COc1ccc(-n2c(SCC(=O)c3ccc(Br)cc3)nc3ccc(I)cc3c2=O)cc1. The third-order valence-corrected chi connectivity index (χ3v) is 6.77. The molecule has 8 heteroatoms. The van der Waals surface area contributed by atoms with Gasteiger partial charge in [-0.05, 0) is 77.2 Å². The maximum absolute atomic E-state index is 13.4. The summed E-state index contributed by atoms with van der Waals surface area (Å²) in [5.41, 5.74) is 1.71. The number of benzene rings is 3. The second-order valence-electron chi connectivity index (χ2n) is 6.61. The largest absolute Gasteiger partial charge is 0.497 e. The van der Waals surface area contributed by atoms with Crippen LogP contribution in [-0.4, -0.2) is 28.2 Å². The molecule has 4 aromatic rings. The summed E-state index contributed by atoms with van der Waals surface area (Å²) >= 11 is 6.80. The van der Waals surface area contributed by atoms with Gasteiger partial charge in [0, 0.05) is 13.6 Å². The second-order valence-corrected chi connectivity index (χ2v) is 9.72. The van der Waals surface area contributed by atoms with Gasteiger partial charge < -0.3 is 4.74 Å². The van der Waals surface area contributed by atoms with Gasteiger partial charge in [-0.2, -0.15) is 0 Å². The predicted molar refractivity (Wildman–Crippen MR) is 136 cm³/mol. The molecule has 0 amide bonds. The van der Waals surface area contributed by atoms with E-state index in [1.165, 1.54) is 11.8 Å². The molecular weight excluding hydrogens is 591 g/mol. The van der Waals surface area contributed by atoms with Crippen molar-refractivity contribution in [2.24, 2.45) is 0 Å². The molecule has 4 rings (SSSR count). The molecule has 0 aliphatic rings. The molecule has 0 unspecified atom stereocenters. The van der Waals surface area contributed by atoms with Crippen LogP contribution in [0.4, 0.5) is 0 Å². The minimum absolute atomic E-state index is 0.0317. The Morgan fingerprint density at radius 2 is 1.81 bits per heavy atom. The van der Waals surface area contributed by atoms with Gasteiger partial charge in [0.15, 0.2) is 10.9 Å². The molecule has 0 atom stereocenters. The first-order chi connectivity index (χ1) is 15.0. The van der Waals surface area contributed by atoms with Gasteiger partial charge in [0.25, 0.3) is 5.56 Å². The van der Waals surface area contributed by atoms with Crippen LogP contribution in [-0.2, 0) is 0 Å². The van der Waals surface area contributed by atoms with E-state index in [2.05, 4.69) is 38.5 Å². The fourth-order valence-electron chi connectivity index (χ4n) is 3.04. The van der Waals surface area contributed by atoms with Gasteiger partial charge in [0.2, 0.25) is 0 Å². The Bertz CT molecular complexity index is 1320. The van der Waals surface area contributed by atoms with Crippen molar-refractivity contribution in [1.82, 2.24) is 9.55 Å². The van der Waals surface area contributed by atoms with Gasteiger partial charge in [-0.3, -0.25) is 14.2 Å². The number of thioether (sulfide) groups is 1. The summed E-state index contributed by atoms with van der Waals surface area (Å²) in [5, 5.41) is 1.00. The molecule has 3 aromatic carbocycles. The lowest BCUT2D eigenvalue weighted by atomic mass is 10.2. The van der Waals surface area contributed by atoms with E-state index >= 15 is 0 Å². The number of ether oxygens (including phenoxy) is 1. The van der Waals surface area contributed by atoms with E-state index in [0.29, 0.717) is 33.1 Å². The Morgan fingerprint density at radius 1 is 1.10 bits per heavy atom. The Morgan fingerprint density at radius 3 is 2.48 bits per heavy atom. The number of methoxy groups -OCH3 is 1. The zero-order valence-electron chi connectivity index (χ0n) is 16.3. The number of Topliss-reactive ketones (excluding diaryl/α,β-unsaturated/α-hetero) is 1. The Kier molecular flexibility index (Phi) is 6.78. The van der Waals surface area contributed by atoms with E-state index < -0.39 is 0 Å². The number of nitrogens with zero attached hydrogens (tertiary/aromatic N) is 2. The van der Waals surface area contributed by atoms with E-state index in [1.807, 2.05) is 42.5 Å². The van der Waals surface area contributed by atoms with Crippen molar-refractivity contribution >= 4 is 67.0 Å². The number of hydrogen-bond acceptors (Lipinski definition) is 5. The molecule has 0 fully saturated rings. The summed E-state index contributed by atoms with van der Waals surface area (Å²) < 4.78 is 8.65. The van der Waals surface area contributed by atoms with Crippen molar-refractivity contribution in [2.75, 3.05) is 12.9 Å². The quantitative estimate of drug-likeness (QED) is 0.121. The van der Waals surface area contributed by atoms with Gasteiger partial charge in [-0.1, -0.05) is 39.8 Å². The number of carbonyl (C=O) groups excluding carboxylic acids is 1. The fourth-order valence-corrected chi connectivity index (χ4v) is 4.71. The van der Waals surface area contributed by atoms with Crippen LogP contribution in [0.15, 0.2) is 81.2 Å². The monoisotopic (exact) mass is 606 g/mol. The van der Waals surface area contributed by atoms with E-state index in [9.17, 15) is 9.59 Å². The number of aromatic nitrogens is 2. The number of halogens is 2. The molecule has 1 aromatic heterocycles. The van der Waals surface area contributed by atoms with E-state index in [4.69, 9.17) is 9.72 Å². The highest BCUT2D eigenvalue weighted by Crippen LogP contribution is 2.24. The average Bonchev–Trinajstić information content (AvgIpc) is 2.78. The molecule has 0 radical (unpaired) electrons. The maximum atomic E-state index is 13.4. The van der Waals surface area contributed by atoms with Crippen LogP contribution in [0.3, 0.4) is 0 Å². The van der Waals surface area contributed by atoms with Crippen LogP contribution >= 0.6 is 50.3 Å². The third kappa shape index (κ3) is 4.86. The smallest absolute Gasteiger partial charge is 0.266 e. The van der Waals surface area contributed by atoms with Crippen molar-refractivity contribution in [3.05, 3.63) is 90.7 Å². The Balaban J connectivity index is 1.76. The Labute approximate surface area is 205 Å². The first-order valence-electron chi connectivity index (χ1n) is 9.24. The first kappa shape index (κ1) is 22.0. The lowest BCUT2D eigenvalue weighted by Gasteiger charge is -2.13. The maximum Gasteiger partial charge on any atom is 0.266 e. The highest BCUT2D eigenvalue weighted by atomic mass is 127. The van der Waals surface area contributed by atoms with Crippen LogP contribution in [0.5, 0.6) is 5.75 Å². The standard InChI is InChI=1S/C23H16BrIN2O3S/c1-30-18-9-7-17(8-10-18)27-22(29)19-12-16(25)6-11-20(19)26-23(27)31-13-21(28)14-2-4-15(24)5-3-14/h2-12H,13H2,1H3. The van der Waals surface area contributed by atoms with Crippen LogP contribution in [0.25, 0.3) is 16.6 Å². The van der Waals surface area contributed by atoms with Crippen molar-refractivity contribution in [3.63, 3.8) is 0 Å². The van der Waals surface area contributed by atoms with Crippen LogP contribution < -0.4 is 10.3 Å². The minimum Gasteiger partial charge on any atom is -0.497 e. The van der Waals surface area contributed by atoms with E-state index in [-0.39, 0.29) is 17.1 Å². The lowest BCUT2D eigenvalue weighted by molar-refractivity contribution is 0.102. The molecule has 0 saturated carbocycles. The Hall–Kier alpha value is -2.17. The van der Waals surface area contributed by atoms with Gasteiger partial charge in [-0.15, -0.1) is 0 Å². The molecule has 31 heavy (non-hydrogen) atoms. The highest BCUT2D eigenvalue weighted by Gasteiger charge is 2.16. The number of hydrogen-bond donors (Lipinski definition) is 0. The van der Waals surface area contributed by atoms with Gasteiger partial charge in [0.05, 0.1) is 29.5 Å². The topological polar surface area (TPSA) is 61.2 Å². The number of carbonyl (C=O) groups is 1. The summed E-state index contributed by atoms with van der Waals surface area (Å²) in [5.74, 6) is 0.829. The van der Waals surface area contributed by atoms with Crippen molar-refractivity contribution in [3.8, 4) is 11.4 Å². The summed E-state index contributed by atoms with van der Waals surface area (Å²) in [6.07, 6.45) is 0. The molecule has 0 spiro atoms. The number of ketones is 1. The van der Waals surface area contributed by atoms with Crippen LogP contribution in [0.2, 0.25) is 0 Å². The van der Waals surface area contributed by atoms with Crippen molar-refractivity contribution < 1.29 is 9.53 Å². The zero-order chi connectivity index (χ0) is 22.0. The molecule has 5 nitrogen and oxygen atoms in total. The van der Waals surface area contributed by atoms with Gasteiger partial charge >= 0.3 is 0 Å². The van der Waals surface area contributed by atoms with Gasteiger partial charge in [0.1, 0.15) is 5.75 Å². The summed E-state index contributed by atoms with van der Waals surface area (Å²) in [4.78, 5) is 30.8. The van der Waals surface area contributed by atoms with Crippen LogP contribution in [0, 0.1) is 3.57 Å². The normalized spacial score (nSPS) is 10.9. The summed E-state index contributed by atoms with van der Waals surface area (Å²) in [6, 6.07) is 20.0. The van der Waals surface area contributed by atoms with E-state index in [1.54, 1.807) is 35.9 Å². The number of rotatable bonds is 6. The highest BCUT2D eigenvalue weighted by molar-refractivity contribution is 14.1. The van der Waals surface area contributed by atoms with Gasteiger partial charge in [-0.25, -0.2) is 4.98 Å². The molecular formula is C23H16BrIN2O3S. The molecule has 0 bridgehead atoms. The molecule has 1 heterocycles. The molecule has 0 saturated heterocycles.